The highest BCUT2D eigenvalue weighted by atomic mass is 35.5. The predicted molar refractivity (Wildman–Crippen MR) is 114 cm³/mol. The van der Waals surface area contributed by atoms with Crippen LogP contribution in [-0.4, -0.2) is 29.4 Å². The zero-order valence-electron chi connectivity index (χ0n) is 15.6. The molecule has 2 aromatic rings. The minimum Gasteiger partial charge on any atom is -0.416 e. The highest BCUT2D eigenvalue weighted by molar-refractivity contribution is 7.14. The van der Waals surface area contributed by atoms with Crippen LogP contribution in [0.4, 0.5) is 0 Å². The van der Waals surface area contributed by atoms with Crippen molar-refractivity contribution in [2.45, 2.75) is 39.8 Å². The molecular formula is C19H19Cl3N2O3S. The standard InChI is InChI=1S/C19H19Cl3N2O3S/c1-10(2)27-23-19(18-14(21)7-13(20)8-15(18)22)24-5-4-16-12(9-24)6-17(28-16)26-11(3)25/h6-8,10H,4-5,9H2,1-3H3/b23-19-. The Kier molecular flexibility index (Phi) is 6.76. The second-order valence-electron chi connectivity index (χ2n) is 6.59. The number of nitrogens with zero attached hydrogens (tertiary/aromatic N) is 2. The van der Waals surface area contributed by atoms with Crippen molar-refractivity contribution in [1.82, 2.24) is 4.90 Å². The Balaban J connectivity index is 1.95. The lowest BCUT2D eigenvalue weighted by molar-refractivity contribution is -0.131. The molecule has 0 N–H and O–H groups in total. The van der Waals surface area contributed by atoms with E-state index in [9.17, 15) is 4.79 Å². The van der Waals surface area contributed by atoms with Gasteiger partial charge in [-0.05, 0) is 44.0 Å². The van der Waals surface area contributed by atoms with Gasteiger partial charge in [-0.1, -0.05) is 40.0 Å². The van der Waals surface area contributed by atoms with E-state index < -0.39 is 0 Å². The van der Waals surface area contributed by atoms with Crippen molar-refractivity contribution >= 4 is 57.9 Å². The van der Waals surface area contributed by atoms with Gasteiger partial charge in [-0.3, -0.25) is 4.79 Å². The summed E-state index contributed by atoms with van der Waals surface area (Å²) in [7, 11) is 0. The first-order valence-electron chi connectivity index (χ1n) is 8.68. The molecule has 0 bridgehead atoms. The lowest BCUT2D eigenvalue weighted by Crippen LogP contribution is -2.36. The van der Waals surface area contributed by atoms with Gasteiger partial charge in [0.15, 0.2) is 10.9 Å². The molecule has 1 aliphatic heterocycles. The van der Waals surface area contributed by atoms with Crippen LogP contribution in [0.2, 0.25) is 15.1 Å². The van der Waals surface area contributed by atoms with Gasteiger partial charge in [-0.15, -0.1) is 11.3 Å². The maximum atomic E-state index is 11.2. The van der Waals surface area contributed by atoms with Crippen LogP contribution < -0.4 is 4.74 Å². The Bertz CT molecular complexity index is 904. The molecule has 0 saturated heterocycles. The largest absolute Gasteiger partial charge is 0.416 e. The number of oxime groups is 1. The summed E-state index contributed by atoms with van der Waals surface area (Å²) in [5.74, 6) is 0.217. The molecule has 0 amide bonds. The number of rotatable bonds is 4. The van der Waals surface area contributed by atoms with Gasteiger partial charge >= 0.3 is 5.97 Å². The van der Waals surface area contributed by atoms with Crippen molar-refractivity contribution in [3.8, 4) is 5.06 Å². The fourth-order valence-corrected chi connectivity index (χ4v) is 4.89. The molecule has 1 aliphatic rings. The monoisotopic (exact) mass is 460 g/mol. The molecule has 0 radical (unpaired) electrons. The number of thiophene rings is 1. The average molecular weight is 462 g/mol. The first kappa shape index (κ1) is 21.2. The number of fused-ring (bicyclic) bond motifs is 1. The fourth-order valence-electron chi connectivity index (χ4n) is 2.85. The Morgan fingerprint density at radius 2 is 1.89 bits per heavy atom. The molecule has 2 heterocycles. The van der Waals surface area contributed by atoms with Gasteiger partial charge in [0.2, 0.25) is 0 Å². The van der Waals surface area contributed by atoms with Gasteiger partial charge in [-0.2, -0.15) is 0 Å². The van der Waals surface area contributed by atoms with E-state index >= 15 is 0 Å². The van der Waals surface area contributed by atoms with E-state index in [0.717, 1.165) is 12.0 Å². The Labute approximate surface area is 182 Å². The Hall–Kier alpha value is -1.47. The molecule has 0 saturated carbocycles. The summed E-state index contributed by atoms with van der Waals surface area (Å²) in [4.78, 5) is 20.0. The number of amidine groups is 1. The molecule has 9 heteroatoms. The Morgan fingerprint density at radius 3 is 2.50 bits per heavy atom. The number of halogens is 3. The summed E-state index contributed by atoms with van der Waals surface area (Å²) >= 11 is 20.4. The van der Waals surface area contributed by atoms with Crippen LogP contribution in [0.5, 0.6) is 5.06 Å². The molecule has 0 spiro atoms. The number of carbonyl (C=O) groups is 1. The first-order valence-corrected chi connectivity index (χ1v) is 10.6. The molecule has 0 atom stereocenters. The first-order chi connectivity index (χ1) is 13.2. The summed E-state index contributed by atoms with van der Waals surface area (Å²) in [6, 6.07) is 5.15. The molecule has 150 valence electrons. The predicted octanol–water partition coefficient (Wildman–Crippen LogP) is 5.78. The summed E-state index contributed by atoms with van der Waals surface area (Å²) in [5.41, 5.74) is 1.65. The van der Waals surface area contributed by atoms with Crippen molar-refractivity contribution in [3.63, 3.8) is 0 Å². The summed E-state index contributed by atoms with van der Waals surface area (Å²) in [6.07, 6.45) is 0.682. The maximum Gasteiger partial charge on any atom is 0.308 e. The molecule has 1 aromatic carbocycles. The zero-order valence-corrected chi connectivity index (χ0v) is 18.7. The van der Waals surface area contributed by atoms with Crippen molar-refractivity contribution < 1.29 is 14.4 Å². The highest BCUT2D eigenvalue weighted by Crippen LogP contribution is 2.36. The van der Waals surface area contributed by atoms with Gasteiger partial charge in [0.1, 0.15) is 6.10 Å². The molecule has 5 nitrogen and oxygen atoms in total. The Morgan fingerprint density at radius 1 is 1.21 bits per heavy atom. The van der Waals surface area contributed by atoms with E-state index in [2.05, 4.69) is 10.1 Å². The number of ether oxygens (including phenoxy) is 1. The van der Waals surface area contributed by atoms with E-state index in [1.54, 1.807) is 12.1 Å². The minimum atomic E-state index is -0.331. The maximum absolute atomic E-state index is 11.2. The summed E-state index contributed by atoms with van der Waals surface area (Å²) < 4.78 is 5.23. The lowest BCUT2D eigenvalue weighted by atomic mass is 10.1. The molecule has 3 rings (SSSR count). The van der Waals surface area contributed by atoms with Crippen molar-refractivity contribution in [1.29, 1.82) is 0 Å². The highest BCUT2D eigenvalue weighted by Gasteiger charge is 2.27. The normalized spacial score (nSPS) is 14.2. The van der Waals surface area contributed by atoms with Crippen LogP contribution in [0, 0.1) is 0 Å². The molecule has 0 aliphatic carbocycles. The van der Waals surface area contributed by atoms with E-state index in [-0.39, 0.29) is 12.1 Å². The van der Waals surface area contributed by atoms with Gasteiger partial charge in [0.25, 0.3) is 0 Å². The molecular weight excluding hydrogens is 443 g/mol. The third-order valence-electron chi connectivity index (χ3n) is 3.97. The van der Waals surface area contributed by atoms with Crippen LogP contribution in [0.25, 0.3) is 0 Å². The van der Waals surface area contributed by atoms with Gasteiger partial charge in [-0.25, -0.2) is 0 Å². The number of carbonyl (C=O) groups excluding carboxylic acids is 1. The minimum absolute atomic E-state index is 0.100. The summed E-state index contributed by atoms with van der Waals surface area (Å²) in [5, 5.41) is 6.20. The topological polar surface area (TPSA) is 51.1 Å². The zero-order chi connectivity index (χ0) is 20.4. The third-order valence-corrected chi connectivity index (χ3v) is 5.90. The van der Waals surface area contributed by atoms with E-state index in [1.807, 2.05) is 19.9 Å². The lowest BCUT2D eigenvalue weighted by Gasteiger charge is -2.30. The fraction of sp³-hybridized carbons (Fsp3) is 0.368. The van der Waals surface area contributed by atoms with Crippen LogP contribution in [0.1, 0.15) is 36.8 Å². The van der Waals surface area contributed by atoms with Gasteiger partial charge < -0.3 is 14.5 Å². The van der Waals surface area contributed by atoms with E-state index in [1.165, 1.54) is 23.1 Å². The van der Waals surface area contributed by atoms with Crippen molar-refractivity contribution in [2.24, 2.45) is 5.16 Å². The van der Waals surface area contributed by atoms with Gasteiger partial charge in [0, 0.05) is 29.9 Å². The number of hydrogen-bond acceptors (Lipinski definition) is 5. The van der Waals surface area contributed by atoms with Crippen LogP contribution in [0.15, 0.2) is 23.4 Å². The number of esters is 1. The molecule has 1 aromatic heterocycles. The molecule has 0 unspecified atom stereocenters. The van der Waals surface area contributed by atoms with E-state index in [4.69, 9.17) is 44.4 Å². The quantitative estimate of drug-likeness (QED) is 0.251. The second kappa shape index (κ2) is 8.91. The van der Waals surface area contributed by atoms with Crippen LogP contribution in [0.3, 0.4) is 0 Å². The summed E-state index contributed by atoms with van der Waals surface area (Å²) in [6.45, 7) is 6.45. The SMILES string of the molecule is CC(=O)Oc1cc2c(s1)CCN(/C(=N\OC(C)C)c1c(Cl)cc(Cl)cc1Cl)C2. The third kappa shape index (κ3) is 4.92. The smallest absolute Gasteiger partial charge is 0.308 e. The second-order valence-corrected chi connectivity index (χ2v) is 8.94. The molecule has 28 heavy (non-hydrogen) atoms. The number of benzene rings is 1. The average Bonchev–Trinajstić information content (AvgIpc) is 2.97. The van der Waals surface area contributed by atoms with Gasteiger partial charge in [0.05, 0.1) is 15.6 Å². The van der Waals surface area contributed by atoms with Crippen LogP contribution in [-0.2, 0) is 22.6 Å². The molecule has 0 fully saturated rings. The van der Waals surface area contributed by atoms with Crippen LogP contribution >= 0.6 is 46.1 Å². The number of hydrogen-bond donors (Lipinski definition) is 0. The van der Waals surface area contributed by atoms with Crippen molar-refractivity contribution in [3.05, 3.63) is 49.3 Å². The van der Waals surface area contributed by atoms with E-state index in [0.29, 0.717) is 44.6 Å². The van der Waals surface area contributed by atoms with Crippen molar-refractivity contribution in [2.75, 3.05) is 6.54 Å².